The number of hydrogen-bond donors (Lipinski definition) is 0. The van der Waals surface area contributed by atoms with Crippen LogP contribution in [0, 0.1) is 0 Å². The summed E-state index contributed by atoms with van der Waals surface area (Å²) in [7, 11) is 0. The molecule has 0 bridgehead atoms. The molecule has 0 saturated carbocycles. The summed E-state index contributed by atoms with van der Waals surface area (Å²) in [4.78, 5) is 0. The molecular weight excluding hydrogens is 231 g/mol. The summed E-state index contributed by atoms with van der Waals surface area (Å²) in [6, 6.07) is 0.786. The van der Waals surface area contributed by atoms with Crippen molar-refractivity contribution in [2.45, 2.75) is 44.2 Å². The van der Waals surface area contributed by atoms with Crippen LogP contribution in [0.1, 0.15) is 32.6 Å². The van der Waals surface area contributed by atoms with Crippen molar-refractivity contribution >= 4 is 28.9 Å². The molecule has 0 heterocycles. The van der Waals surface area contributed by atoms with Crippen LogP contribution in [0.3, 0.4) is 0 Å². The van der Waals surface area contributed by atoms with Crippen LogP contribution in [0.15, 0.2) is 24.3 Å². The lowest BCUT2D eigenvalue weighted by Crippen LogP contribution is -2.26. The van der Waals surface area contributed by atoms with Gasteiger partial charge in [-0.15, -0.1) is 28.7 Å². The Morgan fingerprint density at radius 2 is 2.29 bits per heavy atom. The third-order valence-corrected chi connectivity index (χ3v) is 8.29. The lowest BCUT2D eigenvalue weighted by atomic mass is 9.98. The van der Waals surface area contributed by atoms with E-state index >= 15 is 0 Å². The largest absolute Gasteiger partial charge is 0.261 e. The minimum Gasteiger partial charge on any atom is -0.145 e. The van der Waals surface area contributed by atoms with Crippen LogP contribution in [-0.2, 0) is 0 Å². The van der Waals surface area contributed by atoms with E-state index < -0.39 is 6.69 Å². The Labute approximate surface area is 97.4 Å². The predicted molar refractivity (Wildman–Crippen MR) is 68.4 cm³/mol. The second kappa shape index (κ2) is 5.39. The Kier molecular flexibility index (Phi) is 4.75. The maximum Gasteiger partial charge on any atom is 0.261 e. The van der Waals surface area contributed by atoms with Crippen LogP contribution in [0.2, 0.25) is 11.6 Å². The van der Waals surface area contributed by atoms with Crippen LogP contribution >= 0.6 is 22.2 Å². The third-order valence-electron chi connectivity index (χ3n) is 2.93. The van der Waals surface area contributed by atoms with Crippen molar-refractivity contribution in [3.8, 4) is 0 Å². The first-order valence-electron chi connectivity index (χ1n) is 5.25. The lowest BCUT2D eigenvalue weighted by molar-refractivity contribution is 0.681. The molecule has 1 aliphatic rings. The highest BCUT2D eigenvalue weighted by Gasteiger charge is 2.36. The molecule has 0 nitrogen and oxygen atoms in total. The summed E-state index contributed by atoms with van der Waals surface area (Å²) < 4.78 is 0. The van der Waals surface area contributed by atoms with Gasteiger partial charge in [-0.05, 0) is 37.3 Å². The molecule has 1 aliphatic carbocycles. The molecule has 0 aromatic rings. The summed E-state index contributed by atoms with van der Waals surface area (Å²) in [5.74, 6) is 0. The summed E-state index contributed by atoms with van der Waals surface area (Å²) >= 11 is 12.8. The average molecular weight is 249 g/mol. The summed E-state index contributed by atoms with van der Waals surface area (Å²) in [5, 5.41) is 0. The van der Waals surface area contributed by atoms with Gasteiger partial charge in [-0.25, -0.2) is 0 Å². The maximum absolute atomic E-state index is 6.41. The highest BCUT2D eigenvalue weighted by molar-refractivity contribution is 7.46. The number of rotatable bonds is 4. The van der Waals surface area contributed by atoms with Gasteiger partial charge < -0.3 is 0 Å². The number of allylic oxidation sites excluding steroid dienone is 3. The standard InChI is InChI=1S/C11H18Cl2Si/c1-3-9-14(12,13)10(2)11-7-5-4-6-8-11/h3,7,10H,1,4-6,8-9H2,2H3. The van der Waals surface area contributed by atoms with Crippen molar-refractivity contribution in [3.05, 3.63) is 24.3 Å². The first-order chi connectivity index (χ1) is 6.58. The zero-order valence-corrected chi connectivity index (χ0v) is 11.2. The average Bonchev–Trinajstić information content (AvgIpc) is 2.18. The molecule has 1 atom stereocenters. The van der Waals surface area contributed by atoms with Gasteiger partial charge in [0.05, 0.1) is 0 Å². The van der Waals surface area contributed by atoms with Gasteiger partial charge in [0.2, 0.25) is 0 Å². The molecular formula is C11H18Cl2Si. The van der Waals surface area contributed by atoms with Crippen LogP contribution in [0.25, 0.3) is 0 Å². The van der Waals surface area contributed by atoms with Crippen molar-refractivity contribution in [2.75, 3.05) is 0 Å². The molecule has 0 saturated heterocycles. The highest BCUT2D eigenvalue weighted by atomic mass is 35.7. The van der Waals surface area contributed by atoms with E-state index in [9.17, 15) is 0 Å². The minimum absolute atomic E-state index is 0.379. The SMILES string of the molecule is C=CC[Si](Cl)(Cl)C(C)C1=CCCCC1. The molecule has 14 heavy (non-hydrogen) atoms. The molecule has 0 fully saturated rings. The molecule has 80 valence electrons. The van der Waals surface area contributed by atoms with E-state index in [1.165, 1.54) is 31.3 Å². The lowest BCUT2D eigenvalue weighted by Gasteiger charge is -2.27. The van der Waals surface area contributed by atoms with Gasteiger partial charge in [0.15, 0.2) is 0 Å². The van der Waals surface area contributed by atoms with E-state index in [2.05, 4.69) is 19.6 Å². The molecule has 0 aromatic heterocycles. The monoisotopic (exact) mass is 248 g/mol. The van der Waals surface area contributed by atoms with Crippen LogP contribution < -0.4 is 0 Å². The van der Waals surface area contributed by atoms with Crippen LogP contribution in [-0.4, -0.2) is 6.69 Å². The Balaban J connectivity index is 2.66. The highest BCUT2D eigenvalue weighted by Crippen LogP contribution is 2.41. The first-order valence-corrected chi connectivity index (χ1v) is 9.56. The fourth-order valence-electron chi connectivity index (χ4n) is 1.90. The van der Waals surface area contributed by atoms with Crippen molar-refractivity contribution in [1.82, 2.24) is 0 Å². The second-order valence-electron chi connectivity index (χ2n) is 4.00. The quantitative estimate of drug-likeness (QED) is 0.374. The van der Waals surface area contributed by atoms with E-state index in [1.807, 2.05) is 6.08 Å². The fraction of sp³-hybridized carbons (Fsp3) is 0.636. The van der Waals surface area contributed by atoms with E-state index in [0.717, 1.165) is 6.04 Å². The molecule has 0 spiro atoms. The van der Waals surface area contributed by atoms with Crippen molar-refractivity contribution in [2.24, 2.45) is 0 Å². The van der Waals surface area contributed by atoms with Crippen molar-refractivity contribution < 1.29 is 0 Å². The molecule has 1 unspecified atom stereocenters. The molecule has 0 radical (unpaired) electrons. The summed E-state index contributed by atoms with van der Waals surface area (Å²) in [6.45, 7) is 3.76. The molecule has 0 amide bonds. The number of hydrogen-bond acceptors (Lipinski definition) is 0. The second-order valence-corrected chi connectivity index (χ2v) is 11.4. The zero-order chi connectivity index (χ0) is 10.6. The molecule has 0 N–H and O–H groups in total. The van der Waals surface area contributed by atoms with Crippen LogP contribution in [0.4, 0.5) is 0 Å². The Bertz CT molecular complexity index is 233. The summed E-state index contributed by atoms with van der Waals surface area (Å²) in [5.41, 5.74) is 1.86. The van der Waals surface area contributed by atoms with E-state index in [1.54, 1.807) is 0 Å². The molecule has 0 aromatic carbocycles. The normalized spacial score (nSPS) is 20.1. The maximum atomic E-state index is 6.41. The summed E-state index contributed by atoms with van der Waals surface area (Å²) in [6.07, 6.45) is 9.19. The van der Waals surface area contributed by atoms with E-state index in [-0.39, 0.29) is 0 Å². The predicted octanol–water partition coefficient (Wildman–Crippen LogP) is 4.98. The smallest absolute Gasteiger partial charge is 0.145 e. The molecule has 3 heteroatoms. The first kappa shape index (κ1) is 12.3. The van der Waals surface area contributed by atoms with E-state index in [0.29, 0.717) is 5.54 Å². The van der Waals surface area contributed by atoms with E-state index in [4.69, 9.17) is 22.2 Å². The van der Waals surface area contributed by atoms with Gasteiger partial charge in [-0.1, -0.05) is 24.6 Å². The minimum atomic E-state index is -2.14. The third kappa shape index (κ3) is 3.15. The van der Waals surface area contributed by atoms with Gasteiger partial charge >= 0.3 is 0 Å². The van der Waals surface area contributed by atoms with Gasteiger partial charge in [-0.3, -0.25) is 0 Å². The van der Waals surface area contributed by atoms with Gasteiger partial charge in [0.1, 0.15) is 0 Å². The fourth-order valence-corrected chi connectivity index (χ4v) is 4.94. The molecule has 0 aliphatic heterocycles. The van der Waals surface area contributed by atoms with Gasteiger partial charge in [0.25, 0.3) is 6.69 Å². The van der Waals surface area contributed by atoms with Gasteiger partial charge in [0, 0.05) is 0 Å². The van der Waals surface area contributed by atoms with Gasteiger partial charge in [-0.2, -0.15) is 0 Å². The Morgan fingerprint density at radius 3 is 2.79 bits per heavy atom. The Hall–Kier alpha value is 0.277. The topological polar surface area (TPSA) is 0 Å². The van der Waals surface area contributed by atoms with Crippen molar-refractivity contribution in [3.63, 3.8) is 0 Å². The number of halogens is 2. The zero-order valence-electron chi connectivity index (χ0n) is 8.73. The Morgan fingerprint density at radius 1 is 1.57 bits per heavy atom. The van der Waals surface area contributed by atoms with Crippen LogP contribution in [0.5, 0.6) is 0 Å². The van der Waals surface area contributed by atoms with Crippen molar-refractivity contribution in [1.29, 1.82) is 0 Å². The molecule has 1 rings (SSSR count).